The van der Waals surface area contributed by atoms with Gasteiger partial charge in [-0.3, -0.25) is 4.79 Å². The highest BCUT2D eigenvalue weighted by molar-refractivity contribution is 7.20. The Bertz CT molecular complexity index is 751. The van der Waals surface area contributed by atoms with Crippen molar-refractivity contribution in [2.45, 2.75) is 13.0 Å². The third kappa shape index (κ3) is 3.77. The monoisotopic (exact) mass is 375 g/mol. The number of hydrogen-bond donors (Lipinski definition) is 1. The first-order chi connectivity index (χ1) is 11.0. The average Bonchev–Trinajstić information content (AvgIpc) is 2.85. The van der Waals surface area contributed by atoms with Gasteiger partial charge in [-0.25, -0.2) is 4.39 Å². The standard InChI is InChI=1S/C15H12Cl2FNO3S/c16-12-5-11(14(17)23-12)15(20)19-2-1-8-3-10(18)4-9-6-21-7-22-13(8)9/h3-5H,1-2,6-7H2,(H,19,20). The molecular weight excluding hydrogens is 364 g/mol. The Kier molecular flexibility index (Phi) is 5.06. The number of nitrogens with one attached hydrogen (secondary N) is 1. The van der Waals surface area contributed by atoms with Gasteiger partial charge in [0.05, 0.1) is 16.5 Å². The summed E-state index contributed by atoms with van der Waals surface area (Å²) in [6.07, 6.45) is 0.432. The molecule has 0 bridgehead atoms. The molecule has 4 nitrogen and oxygen atoms in total. The van der Waals surface area contributed by atoms with Crippen molar-refractivity contribution >= 4 is 40.4 Å². The Balaban J connectivity index is 1.66. The van der Waals surface area contributed by atoms with Crippen LogP contribution in [0.1, 0.15) is 21.5 Å². The van der Waals surface area contributed by atoms with Crippen molar-refractivity contribution in [3.8, 4) is 5.75 Å². The molecule has 1 amide bonds. The lowest BCUT2D eigenvalue weighted by molar-refractivity contribution is -0.0172. The molecule has 3 rings (SSSR count). The lowest BCUT2D eigenvalue weighted by atomic mass is 10.1. The maximum absolute atomic E-state index is 13.6. The minimum absolute atomic E-state index is 0.140. The molecule has 1 aromatic carbocycles. The van der Waals surface area contributed by atoms with Crippen molar-refractivity contribution < 1.29 is 18.7 Å². The first-order valence-corrected chi connectivity index (χ1v) is 8.36. The predicted octanol–water partition coefficient (Wildman–Crippen LogP) is 4.03. The molecule has 1 N–H and O–H groups in total. The minimum Gasteiger partial charge on any atom is -0.467 e. The molecule has 0 saturated heterocycles. The van der Waals surface area contributed by atoms with Gasteiger partial charge < -0.3 is 14.8 Å². The van der Waals surface area contributed by atoms with Gasteiger partial charge in [0.15, 0.2) is 6.79 Å². The summed E-state index contributed by atoms with van der Waals surface area (Å²) in [7, 11) is 0. The topological polar surface area (TPSA) is 47.6 Å². The minimum atomic E-state index is -0.355. The predicted molar refractivity (Wildman–Crippen MR) is 87.1 cm³/mol. The van der Waals surface area contributed by atoms with Crippen LogP contribution in [0.25, 0.3) is 0 Å². The summed E-state index contributed by atoms with van der Waals surface area (Å²) in [6.45, 7) is 0.777. The molecule has 1 aliphatic rings. The fourth-order valence-electron chi connectivity index (χ4n) is 2.34. The molecule has 0 unspecified atom stereocenters. The highest BCUT2D eigenvalue weighted by Crippen LogP contribution is 2.31. The number of benzene rings is 1. The van der Waals surface area contributed by atoms with Crippen LogP contribution in [0.3, 0.4) is 0 Å². The van der Waals surface area contributed by atoms with E-state index in [1.807, 2.05) is 0 Å². The van der Waals surface area contributed by atoms with E-state index >= 15 is 0 Å². The van der Waals surface area contributed by atoms with E-state index in [-0.39, 0.29) is 18.5 Å². The van der Waals surface area contributed by atoms with E-state index in [9.17, 15) is 9.18 Å². The van der Waals surface area contributed by atoms with Crippen LogP contribution in [-0.2, 0) is 17.8 Å². The van der Waals surface area contributed by atoms with Crippen molar-refractivity contribution in [3.05, 3.63) is 49.4 Å². The Morgan fingerprint density at radius 2 is 2.17 bits per heavy atom. The van der Waals surface area contributed by atoms with E-state index in [0.29, 0.717) is 50.7 Å². The largest absolute Gasteiger partial charge is 0.467 e. The van der Waals surface area contributed by atoms with E-state index < -0.39 is 0 Å². The number of thiophene rings is 1. The first-order valence-electron chi connectivity index (χ1n) is 6.79. The first kappa shape index (κ1) is 16.5. The average molecular weight is 376 g/mol. The van der Waals surface area contributed by atoms with Gasteiger partial charge in [0.25, 0.3) is 5.91 Å². The number of fused-ring (bicyclic) bond motifs is 1. The van der Waals surface area contributed by atoms with Crippen LogP contribution in [0.2, 0.25) is 8.67 Å². The van der Waals surface area contributed by atoms with Crippen LogP contribution in [0.5, 0.6) is 5.75 Å². The lowest BCUT2D eigenvalue weighted by Crippen LogP contribution is -2.26. The molecule has 0 fully saturated rings. The molecule has 1 aromatic heterocycles. The summed E-state index contributed by atoms with van der Waals surface area (Å²) in [5, 5.41) is 2.74. The van der Waals surface area contributed by atoms with Crippen LogP contribution in [0.15, 0.2) is 18.2 Å². The second-order valence-electron chi connectivity index (χ2n) is 4.91. The summed E-state index contributed by atoms with van der Waals surface area (Å²) in [4.78, 5) is 12.1. The van der Waals surface area contributed by atoms with Crippen molar-refractivity contribution in [2.75, 3.05) is 13.3 Å². The van der Waals surface area contributed by atoms with Crippen LogP contribution in [-0.4, -0.2) is 19.2 Å². The highest BCUT2D eigenvalue weighted by atomic mass is 35.5. The van der Waals surface area contributed by atoms with E-state index in [4.69, 9.17) is 32.7 Å². The molecule has 2 aromatic rings. The molecule has 122 valence electrons. The molecule has 1 aliphatic heterocycles. The molecule has 0 saturated carbocycles. The van der Waals surface area contributed by atoms with Gasteiger partial charge in [-0.2, -0.15) is 0 Å². The molecule has 0 atom stereocenters. The number of rotatable bonds is 4. The Morgan fingerprint density at radius 3 is 2.91 bits per heavy atom. The zero-order valence-corrected chi connectivity index (χ0v) is 14.2. The fourth-order valence-corrected chi connectivity index (χ4v) is 3.80. The summed E-state index contributed by atoms with van der Waals surface area (Å²) in [5.41, 5.74) is 1.70. The smallest absolute Gasteiger partial charge is 0.253 e. The highest BCUT2D eigenvalue weighted by Gasteiger charge is 2.18. The fraction of sp³-hybridized carbons (Fsp3) is 0.267. The molecule has 2 heterocycles. The Labute approximate surface area is 146 Å². The van der Waals surface area contributed by atoms with Crippen molar-refractivity contribution in [3.63, 3.8) is 0 Å². The van der Waals surface area contributed by atoms with Crippen molar-refractivity contribution in [1.29, 1.82) is 0 Å². The molecule has 8 heteroatoms. The van der Waals surface area contributed by atoms with Crippen LogP contribution < -0.4 is 10.1 Å². The van der Waals surface area contributed by atoms with Crippen LogP contribution >= 0.6 is 34.5 Å². The second kappa shape index (κ2) is 7.05. The lowest BCUT2D eigenvalue weighted by Gasteiger charge is -2.20. The van der Waals surface area contributed by atoms with Crippen molar-refractivity contribution in [2.24, 2.45) is 0 Å². The quantitative estimate of drug-likeness (QED) is 0.877. The van der Waals surface area contributed by atoms with Crippen LogP contribution in [0.4, 0.5) is 4.39 Å². The van der Waals surface area contributed by atoms with Gasteiger partial charge in [0.1, 0.15) is 15.9 Å². The number of hydrogen-bond acceptors (Lipinski definition) is 4. The SMILES string of the molecule is O=C(NCCc1cc(F)cc2c1OCOC2)c1cc(Cl)sc1Cl. The van der Waals surface area contributed by atoms with E-state index in [0.717, 1.165) is 11.3 Å². The summed E-state index contributed by atoms with van der Waals surface area (Å²) < 4.78 is 25.0. The van der Waals surface area contributed by atoms with Gasteiger partial charge in [-0.1, -0.05) is 23.2 Å². The van der Waals surface area contributed by atoms with Gasteiger partial charge in [-0.05, 0) is 30.2 Å². The summed E-state index contributed by atoms with van der Waals surface area (Å²) >= 11 is 12.9. The number of halogens is 3. The summed E-state index contributed by atoms with van der Waals surface area (Å²) in [5.74, 6) is -0.0389. The Hall–Kier alpha value is -1.34. The normalized spacial score (nSPS) is 13.3. The van der Waals surface area contributed by atoms with Crippen LogP contribution in [0, 0.1) is 5.82 Å². The van der Waals surface area contributed by atoms with Gasteiger partial charge in [0, 0.05) is 12.1 Å². The van der Waals surface area contributed by atoms with Gasteiger partial charge in [0.2, 0.25) is 0 Å². The number of amides is 1. The molecule has 0 aliphatic carbocycles. The molecule has 0 radical (unpaired) electrons. The third-order valence-electron chi connectivity index (χ3n) is 3.33. The third-order valence-corrected chi connectivity index (χ3v) is 4.82. The zero-order valence-electron chi connectivity index (χ0n) is 11.8. The van der Waals surface area contributed by atoms with E-state index in [2.05, 4.69) is 5.32 Å². The number of carbonyl (C=O) groups is 1. The van der Waals surface area contributed by atoms with E-state index in [1.54, 1.807) is 0 Å². The summed E-state index contributed by atoms with van der Waals surface area (Å²) in [6, 6.07) is 4.32. The molecule has 0 spiro atoms. The maximum Gasteiger partial charge on any atom is 0.253 e. The van der Waals surface area contributed by atoms with Gasteiger partial charge >= 0.3 is 0 Å². The molecular formula is C15H12Cl2FNO3S. The zero-order chi connectivity index (χ0) is 16.4. The van der Waals surface area contributed by atoms with Gasteiger partial charge in [-0.15, -0.1) is 11.3 Å². The van der Waals surface area contributed by atoms with E-state index in [1.165, 1.54) is 18.2 Å². The molecule has 23 heavy (non-hydrogen) atoms. The number of carbonyl (C=O) groups excluding carboxylic acids is 1. The Morgan fingerprint density at radius 1 is 1.35 bits per heavy atom. The van der Waals surface area contributed by atoms with Crippen molar-refractivity contribution in [1.82, 2.24) is 5.32 Å². The second-order valence-corrected chi connectivity index (χ2v) is 7.19. The maximum atomic E-state index is 13.6. The number of ether oxygens (including phenoxy) is 2.